The topological polar surface area (TPSA) is 49.8 Å². The number of rotatable bonds is 4. The second-order valence-corrected chi connectivity index (χ2v) is 6.40. The van der Waals surface area contributed by atoms with E-state index in [-0.39, 0.29) is 0 Å². The first kappa shape index (κ1) is 15.4. The zero-order valence-electron chi connectivity index (χ0n) is 12.1. The molecule has 0 saturated heterocycles. The van der Waals surface area contributed by atoms with Crippen LogP contribution in [0.4, 0.5) is 17.5 Å². The fourth-order valence-corrected chi connectivity index (χ4v) is 3.24. The lowest BCUT2D eigenvalue weighted by Crippen LogP contribution is -2.22. The molecule has 0 spiro atoms. The average molecular weight is 337 g/mol. The van der Waals surface area contributed by atoms with Gasteiger partial charge in [-0.25, -0.2) is 4.98 Å². The molecule has 4 nitrogen and oxygen atoms in total. The first-order valence-electron chi connectivity index (χ1n) is 7.52. The summed E-state index contributed by atoms with van der Waals surface area (Å²) in [5.74, 6) is 1.37. The van der Waals surface area contributed by atoms with Gasteiger partial charge in [-0.15, -0.1) is 0 Å². The number of hydrogen-bond acceptors (Lipinski definition) is 4. The Kier molecular flexibility index (Phi) is 5.01. The number of anilines is 3. The van der Waals surface area contributed by atoms with Crippen molar-refractivity contribution in [2.45, 2.75) is 38.1 Å². The fourth-order valence-electron chi connectivity index (χ4n) is 2.71. The minimum absolute atomic E-state index is 0.511. The van der Waals surface area contributed by atoms with E-state index in [9.17, 15) is 0 Å². The van der Waals surface area contributed by atoms with Crippen molar-refractivity contribution < 1.29 is 0 Å². The molecule has 6 heteroatoms. The highest BCUT2D eigenvalue weighted by atomic mass is 35.5. The molecule has 0 atom stereocenters. The molecule has 116 valence electrons. The van der Waals surface area contributed by atoms with Crippen molar-refractivity contribution in [1.82, 2.24) is 9.97 Å². The third-order valence-electron chi connectivity index (χ3n) is 3.73. The molecule has 2 N–H and O–H groups in total. The number of nitrogens with zero attached hydrogens (tertiary/aromatic N) is 2. The number of hydrogen-bond donors (Lipinski definition) is 2. The second-order valence-electron chi connectivity index (χ2n) is 5.53. The summed E-state index contributed by atoms with van der Waals surface area (Å²) in [6, 6.07) is 7.67. The summed E-state index contributed by atoms with van der Waals surface area (Å²) < 4.78 is 0. The van der Waals surface area contributed by atoms with Crippen molar-refractivity contribution in [3.05, 3.63) is 40.5 Å². The predicted octanol–water partition coefficient (Wildman–Crippen LogP) is 5.27. The first-order valence-corrected chi connectivity index (χ1v) is 8.27. The van der Waals surface area contributed by atoms with Gasteiger partial charge < -0.3 is 10.6 Å². The van der Waals surface area contributed by atoms with Gasteiger partial charge in [0.05, 0.1) is 0 Å². The van der Waals surface area contributed by atoms with Crippen LogP contribution in [0.5, 0.6) is 0 Å². The minimum atomic E-state index is 0.511. The Morgan fingerprint density at radius 2 is 1.73 bits per heavy atom. The van der Waals surface area contributed by atoms with Crippen molar-refractivity contribution in [3.63, 3.8) is 0 Å². The molecule has 3 rings (SSSR count). The predicted molar refractivity (Wildman–Crippen MR) is 92.3 cm³/mol. The smallest absolute Gasteiger partial charge is 0.229 e. The van der Waals surface area contributed by atoms with Gasteiger partial charge in [-0.3, -0.25) is 0 Å². The van der Waals surface area contributed by atoms with Gasteiger partial charge in [0.2, 0.25) is 5.95 Å². The van der Waals surface area contributed by atoms with Crippen molar-refractivity contribution in [2.75, 3.05) is 10.6 Å². The summed E-state index contributed by atoms with van der Waals surface area (Å²) in [6.45, 7) is 0. The summed E-state index contributed by atoms with van der Waals surface area (Å²) in [4.78, 5) is 8.74. The molecule has 1 aliphatic carbocycles. The van der Waals surface area contributed by atoms with Gasteiger partial charge in [0.15, 0.2) is 0 Å². The van der Waals surface area contributed by atoms with Gasteiger partial charge >= 0.3 is 0 Å². The summed E-state index contributed by atoms with van der Waals surface area (Å²) in [5, 5.41) is 7.77. The van der Waals surface area contributed by atoms with Gasteiger partial charge in [0.25, 0.3) is 0 Å². The summed E-state index contributed by atoms with van der Waals surface area (Å²) in [6.07, 6.45) is 8.06. The molecule has 1 saturated carbocycles. The molecule has 1 aromatic heterocycles. The lowest BCUT2D eigenvalue weighted by Gasteiger charge is -2.23. The van der Waals surface area contributed by atoms with Crippen LogP contribution in [0.3, 0.4) is 0 Å². The number of aromatic nitrogens is 2. The highest BCUT2D eigenvalue weighted by molar-refractivity contribution is 6.35. The van der Waals surface area contributed by atoms with Gasteiger partial charge in [-0.1, -0.05) is 42.5 Å². The molecular formula is C16H18Cl2N4. The highest BCUT2D eigenvalue weighted by Gasteiger charge is 2.13. The van der Waals surface area contributed by atoms with Crippen LogP contribution in [-0.4, -0.2) is 16.0 Å². The maximum atomic E-state index is 6.00. The standard InChI is InChI=1S/C16H18Cl2N4/c17-11-8-12(18)10-14(9-11)21-16-19-7-6-15(22-16)20-13-4-2-1-3-5-13/h6-10,13H,1-5H2,(H2,19,20,21,22). The molecule has 0 radical (unpaired) electrons. The van der Waals surface area contributed by atoms with Gasteiger partial charge in [-0.2, -0.15) is 4.98 Å². The van der Waals surface area contributed by atoms with E-state index >= 15 is 0 Å². The third kappa shape index (κ3) is 4.24. The van der Waals surface area contributed by atoms with Crippen LogP contribution >= 0.6 is 23.2 Å². The van der Waals surface area contributed by atoms with Gasteiger partial charge in [0.1, 0.15) is 5.82 Å². The summed E-state index contributed by atoms with van der Waals surface area (Å²) in [7, 11) is 0. The maximum Gasteiger partial charge on any atom is 0.229 e. The van der Waals surface area contributed by atoms with Crippen LogP contribution in [0.2, 0.25) is 10.0 Å². The van der Waals surface area contributed by atoms with Crippen LogP contribution in [0.1, 0.15) is 32.1 Å². The second kappa shape index (κ2) is 7.16. The Labute approximate surface area is 140 Å². The lowest BCUT2D eigenvalue weighted by molar-refractivity contribution is 0.462. The molecule has 1 aliphatic rings. The van der Waals surface area contributed by atoms with E-state index in [4.69, 9.17) is 23.2 Å². The molecule has 0 unspecified atom stereocenters. The van der Waals surface area contributed by atoms with Gasteiger partial charge in [0, 0.05) is 28.0 Å². The molecular weight excluding hydrogens is 319 g/mol. The molecule has 0 aliphatic heterocycles. The molecule has 1 aromatic carbocycles. The first-order chi connectivity index (χ1) is 10.7. The molecule has 0 amide bonds. The maximum absolute atomic E-state index is 6.00. The molecule has 1 fully saturated rings. The quantitative estimate of drug-likeness (QED) is 0.798. The van der Waals surface area contributed by atoms with Crippen molar-refractivity contribution in [1.29, 1.82) is 0 Å². The monoisotopic (exact) mass is 336 g/mol. The zero-order chi connectivity index (χ0) is 15.4. The van der Waals surface area contributed by atoms with E-state index in [0.717, 1.165) is 11.5 Å². The van der Waals surface area contributed by atoms with Crippen LogP contribution < -0.4 is 10.6 Å². The Hall–Kier alpha value is -1.52. The van der Waals surface area contributed by atoms with E-state index in [1.165, 1.54) is 32.1 Å². The third-order valence-corrected chi connectivity index (χ3v) is 4.17. The van der Waals surface area contributed by atoms with Crippen molar-refractivity contribution in [3.8, 4) is 0 Å². The minimum Gasteiger partial charge on any atom is -0.367 e. The Bertz CT molecular complexity index is 622. The molecule has 2 aromatic rings. The SMILES string of the molecule is Clc1cc(Cl)cc(Nc2nccc(NC3CCCCC3)n2)c1. The van der Waals surface area contributed by atoms with Crippen LogP contribution in [0.25, 0.3) is 0 Å². The largest absolute Gasteiger partial charge is 0.367 e. The lowest BCUT2D eigenvalue weighted by atomic mass is 9.95. The summed E-state index contributed by atoms with van der Waals surface area (Å²) >= 11 is 12.0. The molecule has 0 bridgehead atoms. The Morgan fingerprint density at radius 1 is 1.00 bits per heavy atom. The van der Waals surface area contributed by atoms with Gasteiger partial charge in [-0.05, 0) is 37.1 Å². The van der Waals surface area contributed by atoms with E-state index in [2.05, 4.69) is 20.6 Å². The Morgan fingerprint density at radius 3 is 2.45 bits per heavy atom. The van der Waals surface area contributed by atoms with Crippen LogP contribution in [0, 0.1) is 0 Å². The van der Waals surface area contributed by atoms with Crippen LogP contribution in [-0.2, 0) is 0 Å². The van der Waals surface area contributed by atoms with Crippen LogP contribution in [0.15, 0.2) is 30.5 Å². The van der Waals surface area contributed by atoms with E-state index in [0.29, 0.717) is 22.0 Å². The summed E-state index contributed by atoms with van der Waals surface area (Å²) in [5.41, 5.74) is 0.771. The Balaban J connectivity index is 1.70. The van der Waals surface area contributed by atoms with E-state index in [1.54, 1.807) is 24.4 Å². The van der Waals surface area contributed by atoms with Crippen molar-refractivity contribution in [2.24, 2.45) is 0 Å². The molecule has 1 heterocycles. The van der Waals surface area contributed by atoms with E-state index < -0.39 is 0 Å². The molecule has 22 heavy (non-hydrogen) atoms. The average Bonchev–Trinajstić information content (AvgIpc) is 2.47. The fraction of sp³-hybridized carbons (Fsp3) is 0.375. The van der Waals surface area contributed by atoms with Crippen molar-refractivity contribution >= 4 is 40.7 Å². The highest BCUT2D eigenvalue weighted by Crippen LogP contribution is 2.25. The number of nitrogens with one attached hydrogen (secondary N) is 2. The normalized spacial score (nSPS) is 15.5. The zero-order valence-corrected chi connectivity index (χ0v) is 13.7. The number of halogens is 2. The number of benzene rings is 1. The van der Waals surface area contributed by atoms with E-state index in [1.807, 2.05) is 6.07 Å².